The number of hydrogen-bond donors (Lipinski definition) is 3. The molecule has 0 saturated heterocycles. The second-order valence-corrected chi connectivity index (χ2v) is 5.70. The average molecular weight is 338 g/mol. The van der Waals surface area contributed by atoms with Crippen molar-refractivity contribution in [3.63, 3.8) is 0 Å². The van der Waals surface area contributed by atoms with Crippen molar-refractivity contribution < 1.29 is 14.4 Å². The maximum atomic E-state index is 12.2. The first-order valence-corrected chi connectivity index (χ1v) is 8.01. The molecule has 0 saturated carbocycles. The van der Waals surface area contributed by atoms with Crippen LogP contribution in [-0.2, 0) is 16.1 Å². The van der Waals surface area contributed by atoms with Gasteiger partial charge in [0.2, 0.25) is 11.8 Å². The van der Waals surface area contributed by atoms with Crippen LogP contribution in [0.5, 0.6) is 0 Å². The van der Waals surface area contributed by atoms with Crippen LogP contribution in [0.4, 0.5) is 5.69 Å². The number of nitrogens with zero attached hydrogens (tertiary/aromatic N) is 1. The molecule has 1 aliphatic heterocycles. The van der Waals surface area contributed by atoms with Gasteiger partial charge in [0.1, 0.15) is 6.04 Å². The zero-order valence-electron chi connectivity index (χ0n) is 13.5. The van der Waals surface area contributed by atoms with Gasteiger partial charge < -0.3 is 16.0 Å². The fourth-order valence-corrected chi connectivity index (χ4v) is 2.57. The molecule has 7 heteroatoms. The summed E-state index contributed by atoms with van der Waals surface area (Å²) in [7, 11) is 0. The summed E-state index contributed by atoms with van der Waals surface area (Å²) >= 11 is 0. The highest BCUT2D eigenvalue weighted by atomic mass is 16.2. The number of pyridine rings is 1. The van der Waals surface area contributed by atoms with E-state index in [1.165, 1.54) is 0 Å². The molecule has 3 amide bonds. The van der Waals surface area contributed by atoms with Gasteiger partial charge in [0, 0.05) is 12.6 Å². The third kappa shape index (κ3) is 4.20. The van der Waals surface area contributed by atoms with Crippen LogP contribution in [0.15, 0.2) is 48.7 Å². The van der Waals surface area contributed by atoms with Gasteiger partial charge in [0.15, 0.2) is 0 Å². The Morgan fingerprint density at radius 2 is 1.92 bits per heavy atom. The van der Waals surface area contributed by atoms with Crippen LogP contribution >= 0.6 is 0 Å². The number of carbonyl (C=O) groups excluding carboxylic acids is 3. The summed E-state index contributed by atoms with van der Waals surface area (Å²) in [6.45, 7) is 0.328. The van der Waals surface area contributed by atoms with Crippen molar-refractivity contribution in [1.82, 2.24) is 15.6 Å². The second-order valence-electron chi connectivity index (χ2n) is 5.70. The van der Waals surface area contributed by atoms with Gasteiger partial charge in [0.05, 0.1) is 23.5 Å². The van der Waals surface area contributed by atoms with Crippen LogP contribution < -0.4 is 16.0 Å². The van der Waals surface area contributed by atoms with Crippen LogP contribution in [0.1, 0.15) is 28.9 Å². The molecule has 128 valence electrons. The molecule has 1 aromatic carbocycles. The van der Waals surface area contributed by atoms with Gasteiger partial charge in [0.25, 0.3) is 5.91 Å². The lowest BCUT2D eigenvalue weighted by Crippen LogP contribution is -2.42. The summed E-state index contributed by atoms with van der Waals surface area (Å²) in [5.41, 5.74) is 1.65. The lowest BCUT2D eigenvalue weighted by molar-refractivity contribution is -0.122. The Morgan fingerprint density at radius 3 is 2.72 bits per heavy atom. The van der Waals surface area contributed by atoms with Gasteiger partial charge in [-0.3, -0.25) is 19.4 Å². The topological polar surface area (TPSA) is 100 Å². The molecule has 2 aromatic rings. The number of para-hydroxylation sites is 1. The molecule has 2 heterocycles. The molecule has 0 spiro atoms. The molecule has 3 rings (SSSR count). The molecule has 0 bridgehead atoms. The number of hydrogen-bond acceptors (Lipinski definition) is 4. The molecule has 1 atom stereocenters. The lowest BCUT2D eigenvalue weighted by atomic mass is 10.1. The van der Waals surface area contributed by atoms with E-state index in [0.717, 1.165) is 5.69 Å². The molecule has 25 heavy (non-hydrogen) atoms. The van der Waals surface area contributed by atoms with Crippen LogP contribution in [-0.4, -0.2) is 28.7 Å². The first-order chi connectivity index (χ1) is 12.1. The van der Waals surface area contributed by atoms with E-state index in [4.69, 9.17) is 0 Å². The molecule has 0 radical (unpaired) electrons. The Morgan fingerprint density at radius 1 is 1.12 bits per heavy atom. The molecule has 0 aliphatic carbocycles. The van der Waals surface area contributed by atoms with Gasteiger partial charge in [-0.2, -0.15) is 0 Å². The smallest absolute Gasteiger partial charge is 0.254 e. The number of amides is 3. The van der Waals surface area contributed by atoms with Crippen LogP contribution in [0.25, 0.3) is 0 Å². The fraction of sp³-hybridized carbons (Fsp3) is 0.222. The minimum Gasteiger partial charge on any atom is -0.350 e. The van der Waals surface area contributed by atoms with E-state index in [2.05, 4.69) is 20.9 Å². The zero-order valence-corrected chi connectivity index (χ0v) is 13.5. The van der Waals surface area contributed by atoms with E-state index in [9.17, 15) is 14.4 Å². The highest BCUT2D eigenvalue weighted by molar-refractivity contribution is 6.09. The minimum atomic E-state index is -0.750. The molecule has 7 nitrogen and oxygen atoms in total. The summed E-state index contributed by atoms with van der Waals surface area (Å²) in [6.07, 6.45) is 2.01. The van der Waals surface area contributed by atoms with E-state index in [1.807, 2.05) is 12.1 Å². The number of benzene rings is 1. The van der Waals surface area contributed by atoms with Crippen LogP contribution in [0.2, 0.25) is 0 Å². The SMILES string of the molecule is O=C(CC[C@H]1NC(=O)c2ccccc2NC1=O)NCc1ccccn1. The number of anilines is 1. The number of rotatable bonds is 5. The number of fused-ring (bicyclic) bond motifs is 1. The van der Waals surface area contributed by atoms with Crippen molar-refractivity contribution >= 4 is 23.4 Å². The number of carbonyl (C=O) groups is 3. The van der Waals surface area contributed by atoms with Gasteiger partial charge in [-0.25, -0.2) is 0 Å². The molecule has 0 unspecified atom stereocenters. The van der Waals surface area contributed by atoms with Crippen molar-refractivity contribution in [1.29, 1.82) is 0 Å². The third-order valence-electron chi connectivity index (χ3n) is 3.90. The summed E-state index contributed by atoms with van der Waals surface area (Å²) in [5, 5.41) is 8.14. The quantitative estimate of drug-likeness (QED) is 0.763. The molecule has 0 fully saturated rings. The Bertz CT molecular complexity index is 792. The van der Waals surface area contributed by atoms with Gasteiger partial charge >= 0.3 is 0 Å². The predicted octanol–water partition coefficient (Wildman–Crippen LogP) is 1.23. The highest BCUT2D eigenvalue weighted by Gasteiger charge is 2.27. The highest BCUT2D eigenvalue weighted by Crippen LogP contribution is 2.19. The van der Waals surface area contributed by atoms with E-state index in [1.54, 1.807) is 36.5 Å². The predicted molar refractivity (Wildman–Crippen MR) is 91.6 cm³/mol. The lowest BCUT2D eigenvalue weighted by Gasteiger charge is -2.14. The summed E-state index contributed by atoms with van der Waals surface area (Å²) in [4.78, 5) is 40.5. The zero-order chi connectivity index (χ0) is 17.6. The van der Waals surface area contributed by atoms with Crippen LogP contribution in [0, 0.1) is 0 Å². The largest absolute Gasteiger partial charge is 0.350 e. The summed E-state index contributed by atoms with van der Waals surface area (Å²) in [6, 6.07) is 11.5. The molecular formula is C18H18N4O3. The first kappa shape index (κ1) is 16.6. The molecule has 1 aromatic heterocycles. The van der Waals surface area contributed by atoms with Crippen LogP contribution in [0.3, 0.4) is 0 Å². The maximum absolute atomic E-state index is 12.2. The standard InChI is InChI=1S/C18H18N4O3/c23-16(20-11-12-5-3-4-10-19-12)9-8-15-18(25)21-14-7-2-1-6-13(14)17(24)22-15/h1-7,10,15H,8-9,11H2,(H,20,23)(H,21,25)(H,22,24)/t15-/m1/s1. The van der Waals surface area contributed by atoms with E-state index < -0.39 is 6.04 Å². The van der Waals surface area contributed by atoms with Crippen molar-refractivity contribution in [3.8, 4) is 0 Å². The van der Waals surface area contributed by atoms with Gasteiger partial charge in [-0.15, -0.1) is 0 Å². The summed E-state index contributed by atoms with van der Waals surface area (Å²) < 4.78 is 0. The summed E-state index contributed by atoms with van der Waals surface area (Å²) in [5.74, 6) is -0.849. The van der Waals surface area contributed by atoms with Gasteiger partial charge in [-0.1, -0.05) is 18.2 Å². The monoisotopic (exact) mass is 338 g/mol. The maximum Gasteiger partial charge on any atom is 0.254 e. The van der Waals surface area contributed by atoms with Crippen molar-refractivity contribution in [2.45, 2.75) is 25.4 Å². The van der Waals surface area contributed by atoms with E-state index in [0.29, 0.717) is 17.8 Å². The van der Waals surface area contributed by atoms with E-state index in [-0.39, 0.29) is 30.6 Å². The van der Waals surface area contributed by atoms with Crippen molar-refractivity contribution in [3.05, 3.63) is 59.9 Å². The Hall–Kier alpha value is -3.22. The normalized spacial score (nSPS) is 16.2. The number of nitrogens with one attached hydrogen (secondary N) is 3. The van der Waals surface area contributed by atoms with Crippen molar-refractivity contribution in [2.24, 2.45) is 0 Å². The first-order valence-electron chi connectivity index (χ1n) is 8.01. The van der Waals surface area contributed by atoms with Crippen molar-refractivity contribution in [2.75, 3.05) is 5.32 Å². The molecule has 1 aliphatic rings. The average Bonchev–Trinajstić information content (AvgIpc) is 2.75. The Balaban J connectivity index is 1.54. The Labute approximate surface area is 144 Å². The number of aromatic nitrogens is 1. The van der Waals surface area contributed by atoms with Gasteiger partial charge in [-0.05, 0) is 30.7 Å². The minimum absolute atomic E-state index is 0.127. The second kappa shape index (κ2) is 7.57. The molecule has 3 N–H and O–H groups in total. The Kier molecular flexibility index (Phi) is 5.03. The van der Waals surface area contributed by atoms with E-state index >= 15 is 0 Å². The molecular weight excluding hydrogens is 320 g/mol. The fourth-order valence-electron chi connectivity index (χ4n) is 2.57. The third-order valence-corrected chi connectivity index (χ3v) is 3.90.